The standard InChI is InChI=1S/C22H28N2O3S/c1-17(2)19-10-12-21(13-11-19)28(26,27)24-14-6-9-20(16-24)22(25)23-15-18-7-4-3-5-8-18/h3-5,7-8,10-13,17,20H,6,9,14-16H2,1-2H3,(H,23,25). The first-order valence-electron chi connectivity index (χ1n) is 9.79. The normalized spacial score (nSPS) is 18.2. The van der Waals surface area contributed by atoms with E-state index in [9.17, 15) is 13.2 Å². The Balaban J connectivity index is 1.65. The van der Waals surface area contributed by atoms with Crippen LogP contribution in [0, 0.1) is 5.92 Å². The summed E-state index contributed by atoms with van der Waals surface area (Å²) in [4.78, 5) is 12.9. The average molecular weight is 401 g/mol. The van der Waals surface area contributed by atoms with E-state index in [-0.39, 0.29) is 18.4 Å². The summed E-state index contributed by atoms with van der Waals surface area (Å²) in [6.07, 6.45) is 1.39. The van der Waals surface area contributed by atoms with E-state index in [4.69, 9.17) is 0 Å². The summed E-state index contributed by atoms with van der Waals surface area (Å²) in [6.45, 7) is 5.30. The highest BCUT2D eigenvalue weighted by atomic mass is 32.2. The summed E-state index contributed by atoms with van der Waals surface area (Å²) < 4.78 is 27.5. The molecule has 1 fully saturated rings. The van der Waals surface area contributed by atoms with E-state index in [1.807, 2.05) is 42.5 Å². The molecule has 0 aromatic heterocycles. The first-order valence-corrected chi connectivity index (χ1v) is 11.2. The number of carbonyl (C=O) groups is 1. The number of amides is 1. The van der Waals surface area contributed by atoms with Crippen LogP contribution in [0.2, 0.25) is 0 Å². The van der Waals surface area contributed by atoms with E-state index in [1.165, 1.54) is 4.31 Å². The zero-order chi connectivity index (χ0) is 20.1. The van der Waals surface area contributed by atoms with Gasteiger partial charge >= 0.3 is 0 Å². The molecule has 1 amide bonds. The summed E-state index contributed by atoms with van der Waals surface area (Å²) in [5, 5.41) is 2.94. The number of nitrogens with zero attached hydrogens (tertiary/aromatic N) is 1. The Kier molecular flexibility index (Phi) is 6.52. The number of sulfonamides is 1. The average Bonchev–Trinajstić information content (AvgIpc) is 2.73. The summed E-state index contributed by atoms with van der Waals surface area (Å²) in [5.41, 5.74) is 2.14. The summed E-state index contributed by atoms with van der Waals surface area (Å²) in [7, 11) is -3.58. The molecule has 2 aromatic carbocycles. The van der Waals surface area contributed by atoms with Crippen molar-refractivity contribution in [2.75, 3.05) is 13.1 Å². The van der Waals surface area contributed by atoms with E-state index in [0.29, 0.717) is 36.7 Å². The minimum absolute atomic E-state index is 0.0843. The van der Waals surface area contributed by atoms with Gasteiger partial charge in [0.05, 0.1) is 10.8 Å². The monoisotopic (exact) mass is 400 g/mol. The highest BCUT2D eigenvalue weighted by Gasteiger charge is 2.33. The van der Waals surface area contributed by atoms with Gasteiger partial charge in [-0.3, -0.25) is 4.79 Å². The van der Waals surface area contributed by atoms with Crippen molar-refractivity contribution in [3.63, 3.8) is 0 Å². The molecule has 3 rings (SSSR count). The lowest BCUT2D eigenvalue weighted by Gasteiger charge is -2.31. The lowest BCUT2D eigenvalue weighted by atomic mass is 9.99. The van der Waals surface area contributed by atoms with E-state index < -0.39 is 10.0 Å². The first kappa shape index (κ1) is 20.6. The molecule has 0 saturated carbocycles. The molecule has 5 nitrogen and oxygen atoms in total. The van der Waals surface area contributed by atoms with E-state index in [0.717, 1.165) is 11.1 Å². The van der Waals surface area contributed by atoms with Crippen molar-refractivity contribution in [3.8, 4) is 0 Å². The van der Waals surface area contributed by atoms with Gasteiger partial charge in [0.25, 0.3) is 0 Å². The van der Waals surface area contributed by atoms with Crippen molar-refractivity contribution in [1.82, 2.24) is 9.62 Å². The zero-order valence-electron chi connectivity index (χ0n) is 16.5. The molecule has 1 aliphatic rings. The second-order valence-corrected chi connectivity index (χ2v) is 9.57. The summed E-state index contributed by atoms with van der Waals surface area (Å²) >= 11 is 0. The van der Waals surface area contributed by atoms with Gasteiger partial charge in [0.1, 0.15) is 0 Å². The molecular weight excluding hydrogens is 372 g/mol. The maximum absolute atomic E-state index is 13.0. The van der Waals surface area contributed by atoms with Crippen LogP contribution in [-0.4, -0.2) is 31.7 Å². The quantitative estimate of drug-likeness (QED) is 0.807. The van der Waals surface area contributed by atoms with Crippen molar-refractivity contribution in [2.45, 2.75) is 44.0 Å². The first-order chi connectivity index (χ1) is 13.4. The van der Waals surface area contributed by atoms with E-state index in [1.54, 1.807) is 12.1 Å². The number of carbonyl (C=O) groups excluding carboxylic acids is 1. The second-order valence-electron chi connectivity index (χ2n) is 7.63. The van der Waals surface area contributed by atoms with Crippen molar-refractivity contribution in [2.24, 2.45) is 5.92 Å². The van der Waals surface area contributed by atoms with Crippen LogP contribution in [0.1, 0.15) is 43.7 Å². The summed E-state index contributed by atoms with van der Waals surface area (Å²) in [6, 6.07) is 16.8. The third-order valence-corrected chi connectivity index (χ3v) is 7.13. The molecule has 6 heteroatoms. The molecule has 1 saturated heterocycles. The predicted molar refractivity (Wildman–Crippen MR) is 110 cm³/mol. The van der Waals surface area contributed by atoms with Gasteiger partial charge in [0.15, 0.2) is 0 Å². The third-order valence-electron chi connectivity index (χ3n) is 5.25. The Morgan fingerprint density at radius 2 is 1.79 bits per heavy atom. The SMILES string of the molecule is CC(C)c1ccc(S(=O)(=O)N2CCCC(C(=O)NCc3ccccc3)C2)cc1. The molecule has 0 aliphatic carbocycles. The minimum atomic E-state index is -3.58. The number of rotatable bonds is 6. The zero-order valence-corrected chi connectivity index (χ0v) is 17.3. The van der Waals surface area contributed by atoms with Crippen LogP contribution < -0.4 is 5.32 Å². The van der Waals surface area contributed by atoms with Gasteiger partial charge in [-0.25, -0.2) is 8.42 Å². The fourth-order valence-electron chi connectivity index (χ4n) is 3.48. The van der Waals surface area contributed by atoms with Crippen LogP contribution in [0.4, 0.5) is 0 Å². The predicted octanol–water partition coefficient (Wildman–Crippen LogP) is 3.53. The molecule has 1 heterocycles. The number of nitrogens with one attached hydrogen (secondary N) is 1. The van der Waals surface area contributed by atoms with Gasteiger partial charge in [-0.05, 0) is 42.0 Å². The maximum Gasteiger partial charge on any atom is 0.243 e. The minimum Gasteiger partial charge on any atom is -0.352 e. The van der Waals surface area contributed by atoms with Crippen LogP contribution >= 0.6 is 0 Å². The fourth-order valence-corrected chi connectivity index (χ4v) is 5.00. The third kappa shape index (κ3) is 4.80. The Bertz CT molecular complexity index is 893. The van der Waals surface area contributed by atoms with Crippen molar-refractivity contribution >= 4 is 15.9 Å². The van der Waals surface area contributed by atoms with Gasteiger partial charge in [-0.2, -0.15) is 4.31 Å². The molecule has 0 radical (unpaired) electrons. The number of hydrogen-bond acceptors (Lipinski definition) is 3. The molecule has 0 bridgehead atoms. The number of benzene rings is 2. The largest absolute Gasteiger partial charge is 0.352 e. The van der Waals surface area contributed by atoms with Crippen LogP contribution in [0.25, 0.3) is 0 Å². The maximum atomic E-state index is 13.0. The molecule has 28 heavy (non-hydrogen) atoms. The van der Waals surface area contributed by atoms with Gasteiger partial charge in [-0.15, -0.1) is 0 Å². The van der Waals surface area contributed by atoms with Gasteiger partial charge < -0.3 is 5.32 Å². The summed E-state index contributed by atoms with van der Waals surface area (Å²) in [5.74, 6) is -0.0504. The van der Waals surface area contributed by atoms with Crippen molar-refractivity contribution in [3.05, 3.63) is 65.7 Å². The molecule has 150 valence electrons. The molecule has 2 aromatic rings. The fraction of sp³-hybridized carbons (Fsp3) is 0.409. The van der Waals surface area contributed by atoms with Gasteiger partial charge in [-0.1, -0.05) is 56.3 Å². The van der Waals surface area contributed by atoms with E-state index in [2.05, 4.69) is 19.2 Å². The van der Waals surface area contributed by atoms with Crippen molar-refractivity contribution < 1.29 is 13.2 Å². The van der Waals surface area contributed by atoms with Crippen LogP contribution in [-0.2, 0) is 21.4 Å². The van der Waals surface area contributed by atoms with Gasteiger partial charge in [0, 0.05) is 19.6 Å². The Hall–Kier alpha value is -2.18. The van der Waals surface area contributed by atoms with Crippen LogP contribution in [0.3, 0.4) is 0 Å². The van der Waals surface area contributed by atoms with Crippen molar-refractivity contribution in [1.29, 1.82) is 0 Å². The Labute approximate surface area is 167 Å². The van der Waals surface area contributed by atoms with E-state index >= 15 is 0 Å². The molecule has 0 spiro atoms. The smallest absolute Gasteiger partial charge is 0.243 e. The lowest BCUT2D eigenvalue weighted by molar-refractivity contribution is -0.126. The molecule has 1 unspecified atom stereocenters. The lowest BCUT2D eigenvalue weighted by Crippen LogP contribution is -2.45. The molecular formula is C22H28N2O3S. The molecule has 1 atom stereocenters. The molecule has 1 aliphatic heterocycles. The van der Waals surface area contributed by atoms with Gasteiger partial charge in [0.2, 0.25) is 15.9 Å². The topological polar surface area (TPSA) is 66.5 Å². The van der Waals surface area contributed by atoms with Crippen LogP contribution in [0.5, 0.6) is 0 Å². The Morgan fingerprint density at radius 3 is 2.43 bits per heavy atom. The second kappa shape index (κ2) is 8.88. The molecule has 1 N–H and O–H groups in total. The highest BCUT2D eigenvalue weighted by Crippen LogP contribution is 2.25. The highest BCUT2D eigenvalue weighted by molar-refractivity contribution is 7.89. The van der Waals surface area contributed by atoms with Crippen LogP contribution in [0.15, 0.2) is 59.5 Å². The number of piperidine rings is 1. The number of hydrogen-bond donors (Lipinski definition) is 1. The Morgan fingerprint density at radius 1 is 1.11 bits per heavy atom.